The summed E-state index contributed by atoms with van der Waals surface area (Å²) in [7, 11) is 0. The fraction of sp³-hybridized carbons (Fsp3) is 0.357. The Morgan fingerprint density at radius 1 is 1.28 bits per heavy atom. The predicted molar refractivity (Wildman–Crippen MR) is 71.6 cm³/mol. The first-order valence-corrected chi connectivity index (χ1v) is 6.72. The number of hydrogen-bond acceptors (Lipinski definition) is 2. The lowest BCUT2D eigenvalue weighted by Gasteiger charge is -2.21. The molecule has 2 rings (SSSR count). The molecule has 18 heavy (non-hydrogen) atoms. The second-order valence-corrected chi connectivity index (χ2v) is 5.15. The van der Waals surface area contributed by atoms with Gasteiger partial charge in [-0.25, -0.2) is 4.39 Å². The van der Waals surface area contributed by atoms with Crippen molar-refractivity contribution in [3.05, 3.63) is 34.1 Å². The molecule has 0 aliphatic carbocycles. The molecule has 0 saturated carbocycles. The topological polar surface area (TPSA) is 20.3 Å². The van der Waals surface area contributed by atoms with Crippen LogP contribution < -0.4 is 0 Å². The summed E-state index contributed by atoms with van der Waals surface area (Å²) in [4.78, 5) is 13.7. The van der Waals surface area contributed by atoms with Crippen LogP contribution in [-0.2, 0) is 0 Å². The van der Waals surface area contributed by atoms with Crippen molar-refractivity contribution in [2.24, 2.45) is 0 Å². The third-order valence-corrected chi connectivity index (χ3v) is 3.35. The summed E-state index contributed by atoms with van der Waals surface area (Å²) in [6.07, 6.45) is 3.43. The lowest BCUT2D eigenvalue weighted by molar-refractivity contribution is 0.105. The zero-order chi connectivity index (χ0) is 13.0. The van der Waals surface area contributed by atoms with Gasteiger partial charge in [-0.2, -0.15) is 0 Å². The largest absolute Gasteiger partial charge is 0.332 e. The molecule has 0 aromatic heterocycles. The van der Waals surface area contributed by atoms with Gasteiger partial charge in [0.05, 0.1) is 5.56 Å². The summed E-state index contributed by atoms with van der Waals surface area (Å²) >= 11 is 3.21. The zero-order valence-corrected chi connectivity index (χ0v) is 11.5. The van der Waals surface area contributed by atoms with Crippen LogP contribution in [0, 0.1) is 17.8 Å². The third-order valence-electron chi connectivity index (χ3n) is 2.86. The molecule has 94 valence electrons. The Morgan fingerprint density at radius 2 is 2.00 bits per heavy atom. The highest BCUT2D eigenvalue weighted by atomic mass is 79.9. The molecule has 1 aromatic rings. The third kappa shape index (κ3) is 3.33. The van der Waals surface area contributed by atoms with Gasteiger partial charge in [-0.3, -0.25) is 4.79 Å². The standard InChI is InChI=1S/C14H13BrFNO/c15-11-4-5-13(16)12(10-11)14(18)6-9-17-7-2-1-3-8-17/h4-5,10H,1-3,7-8H2. The number of halogens is 2. The summed E-state index contributed by atoms with van der Waals surface area (Å²) < 4.78 is 14.1. The van der Waals surface area contributed by atoms with Gasteiger partial charge in [0, 0.05) is 29.5 Å². The van der Waals surface area contributed by atoms with Gasteiger partial charge in [-0.1, -0.05) is 15.9 Å². The van der Waals surface area contributed by atoms with E-state index in [1.807, 2.05) is 4.90 Å². The number of piperidine rings is 1. The lowest BCUT2D eigenvalue weighted by atomic mass is 10.1. The first-order chi connectivity index (χ1) is 8.66. The van der Waals surface area contributed by atoms with E-state index in [1.165, 1.54) is 18.6 Å². The van der Waals surface area contributed by atoms with Crippen molar-refractivity contribution in [2.75, 3.05) is 13.1 Å². The van der Waals surface area contributed by atoms with E-state index in [0.29, 0.717) is 4.47 Å². The van der Waals surface area contributed by atoms with Crippen LogP contribution in [0.4, 0.5) is 4.39 Å². The van der Waals surface area contributed by atoms with Crippen molar-refractivity contribution in [2.45, 2.75) is 19.3 Å². The molecule has 0 amide bonds. The number of Topliss-reactive ketones (excluding diaryl/α,β-unsaturated/α-hetero) is 1. The Hall–Kier alpha value is -1.34. The van der Waals surface area contributed by atoms with Gasteiger partial charge in [0.15, 0.2) is 0 Å². The summed E-state index contributed by atoms with van der Waals surface area (Å²) in [6.45, 7) is 1.78. The Labute approximate surface area is 114 Å². The van der Waals surface area contributed by atoms with E-state index in [-0.39, 0.29) is 5.56 Å². The van der Waals surface area contributed by atoms with E-state index in [1.54, 1.807) is 6.07 Å². The molecule has 0 bridgehead atoms. The zero-order valence-electron chi connectivity index (χ0n) is 9.88. The first kappa shape index (κ1) is 13.1. The average Bonchev–Trinajstić information content (AvgIpc) is 2.40. The molecule has 2 nitrogen and oxygen atoms in total. The minimum atomic E-state index is -0.531. The molecular weight excluding hydrogens is 297 g/mol. The SMILES string of the molecule is O=C(C#CN1CCCCC1)c1cc(Br)ccc1F. The molecule has 1 heterocycles. The molecular formula is C14H13BrFNO. The number of carbonyl (C=O) groups excluding carboxylic acids is 1. The van der Waals surface area contributed by atoms with Crippen LogP contribution in [-0.4, -0.2) is 23.8 Å². The maximum atomic E-state index is 13.5. The number of hydrogen-bond donors (Lipinski definition) is 0. The Balaban J connectivity index is 2.11. The molecule has 1 aromatic carbocycles. The van der Waals surface area contributed by atoms with Gasteiger partial charge in [0.25, 0.3) is 0 Å². The van der Waals surface area contributed by atoms with Gasteiger partial charge in [-0.05, 0) is 37.5 Å². The second-order valence-electron chi connectivity index (χ2n) is 4.24. The van der Waals surface area contributed by atoms with Gasteiger partial charge < -0.3 is 4.90 Å². The fourth-order valence-electron chi connectivity index (χ4n) is 1.87. The number of rotatable bonds is 1. The molecule has 1 aliphatic heterocycles. The molecule has 0 N–H and O–H groups in total. The van der Waals surface area contributed by atoms with Gasteiger partial charge in [-0.15, -0.1) is 0 Å². The van der Waals surface area contributed by atoms with Gasteiger partial charge >= 0.3 is 0 Å². The minimum absolute atomic E-state index is 0.0221. The minimum Gasteiger partial charge on any atom is -0.332 e. The second kappa shape index (κ2) is 6.01. The maximum Gasteiger partial charge on any atom is 0.240 e. The molecule has 0 unspecified atom stereocenters. The van der Waals surface area contributed by atoms with E-state index < -0.39 is 11.6 Å². The average molecular weight is 310 g/mol. The Morgan fingerprint density at radius 3 is 2.72 bits per heavy atom. The van der Waals surface area contributed by atoms with Crippen molar-refractivity contribution in [3.63, 3.8) is 0 Å². The van der Waals surface area contributed by atoms with Crippen LogP contribution >= 0.6 is 15.9 Å². The van der Waals surface area contributed by atoms with Crippen molar-refractivity contribution < 1.29 is 9.18 Å². The normalized spacial score (nSPS) is 14.9. The number of likely N-dealkylation sites (tertiary alicyclic amines) is 1. The van der Waals surface area contributed by atoms with Crippen LogP contribution in [0.5, 0.6) is 0 Å². The summed E-state index contributed by atoms with van der Waals surface area (Å²) in [5.74, 6) is 1.51. The van der Waals surface area contributed by atoms with Gasteiger partial charge in [0.2, 0.25) is 5.78 Å². The highest BCUT2D eigenvalue weighted by Crippen LogP contribution is 2.16. The summed E-state index contributed by atoms with van der Waals surface area (Å²) in [5, 5.41) is 0. The van der Waals surface area contributed by atoms with Crippen LogP contribution in [0.1, 0.15) is 29.6 Å². The van der Waals surface area contributed by atoms with Crippen LogP contribution in [0.2, 0.25) is 0 Å². The van der Waals surface area contributed by atoms with Crippen molar-refractivity contribution in [1.82, 2.24) is 4.90 Å². The summed E-state index contributed by atoms with van der Waals surface area (Å²) in [5.41, 5.74) is 0.0221. The Kier molecular flexibility index (Phi) is 4.38. The summed E-state index contributed by atoms with van der Waals surface area (Å²) in [6, 6.07) is 7.10. The highest BCUT2D eigenvalue weighted by Gasteiger charge is 2.11. The van der Waals surface area contributed by atoms with Crippen LogP contribution in [0.3, 0.4) is 0 Å². The smallest absolute Gasteiger partial charge is 0.240 e. The number of nitrogens with zero attached hydrogens (tertiary/aromatic N) is 1. The van der Waals surface area contributed by atoms with Crippen LogP contribution in [0.25, 0.3) is 0 Å². The van der Waals surface area contributed by atoms with Crippen molar-refractivity contribution in [1.29, 1.82) is 0 Å². The molecule has 0 atom stereocenters. The van der Waals surface area contributed by atoms with E-state index in [4.69, 9.17) is 0 Å². The van der Waals surface area contributed by atoms with E-state index in [2.05, 4.69) is 27.9 Å². The number of ketones is 1. The first-order valence-electron chi connectivity index (χ1n) is 5.93. The number of benzene rings is 1. The van der Waals surface area contributed by atoms with E-state index >= 15 is 0 Å². The highest BCUT2D eigenvalue weighted by molar-refractivity contribution is 9.10. The number of carbonyl (C=O) groups is 1. The van der Waals surface area contributed by atoms with Crippen LogP contribution in [0.15, 0.2) is 22.7 Å². The van der Waals surface area contributed by atoms with E-state index in [9.17, 15) is 9.18 Å². The molecule has 1 fully saturated rings. The van der Waals surface area contributed by atoms with Crippen molar-refractivity contribution >= 4 is 21.7 Å². The van der Waals surface area contributed by atoms with Crippen molar-refractivity contribution in [3.8, 4) is 12.0 Å². The molecule has 1 aliphatic rings. The molecule has 0 spiro atoms. The quantitative estimate of drug-likeness (QED) is 0.586. The maximum absolute atomic E-state index is 13.5. The molecule has 4 heteroatoms. The van der Waals surface area contributed by atoms with Gasteiger partial charge in [0.1, 0.15) is 5.82 Å². The molecule has 0 radical (unpaired) electrons. The molecule has 1 saturated heterocycles. The Bertz CT molecular complexity index is 512. The fourth-order valence-corrected chi connectivity index (χ4v) is 2.24. The monoisotopic (exact) mass is 309 g/mol. The predicted octanol–water partition coefficient (Wildman–Crippen LogP) is 3.22. The lowest BCUT2D eigenvalue weighted by Crippen LogP contribution is -2.25. The van der Waals surface area contributed by atoms with E-state index in [0.717, 1.165) is 25.9 Å².